The molecule has 0 fully saturated rings. The Morgan fingerprint density at radius 3 is 2.57 bits per heavy atom. The Hall–Kier alpha value is -3.85. The Labute approximate surface area is 251 Å². The molecular formula is C33H48FN5O3. The van der Waals surface area contributed by atoms with Crippen molar-refractivity contribution in [3.63, 3.8) is 0 Å². The first-order valence-electron chi connectivity index (χ1n) is 14.7. The Bertz CT molecular complexity index is 1100. The minimum atomic E-state index is -0.975. The molecule has 0 bridgehead atoms. The van der Waals surface area contributed by atoms with Gasteiger partial charge in [0.1, 0.15) is 11.7 Å². The average Bonchev–Trinajstić information content (AvgIpc) is 2.96. The van der Waals surface area contributed by atoms with Gasteiger partial charge in [-0.2, -0.15) is 5.11 Å². The van der Waals surface area contributed by atoms with Crippen LogP contribution >= 0.6 is 0 Å². The van der Waals surface area contributed by atoms with Crippen molar-refractivity contribution >= 4 is 11.8 Å². The molecule has 1 unspecified atom stereocenters. The topological polar surface area (TPSA) is 101 Å². The van der Waals surface area contributed by atoms with Gasteiger partial charge in [0, 0.05) is 31.2 Å². The highest BCUT2D eigenvalue weighted by molar-refractivity contribution is 5.86. The summed E-state index contributed by atoms with van der Waals surface area (Å²) in [5.74, 6) is -0.543. The Morgan fingerprint density at radius 1 is 1.10 bits per heavy atom. The minimum absolute atomic E-state index is 0.0679. The summed E-state index contributed by atoms with van der Waals surface area (Å²) in [4.78, 5) is 17.6. The molecule has 0 saturated carbocycles. The second-order valence-electron chi connectivity index (χ2n) is 9.49. The summed E-state index contributed by atoms with van der Waals surface area (Å²) in [6.45, 7) is 8.15. The number of hydrogen-bond donors (Lipinski definition) is 2. The molecule has 1 aliphatic rings. The molecule has 2 N–H and O–H groups in total. The highest BCUT2D eigenvalue weighted by Crippen LogP contribution is 2.28. The van der Waals surface area contributed by atoms with E-state index >= 15 is 0 Å². The predicted octanol–water partition coefficient (Wildman–Crippen LogP) is 7.99. The molecule has 230 valence electrons. The smallest absolute Gasteiger partial charge is 0.303 e. The fourth-order valence-corrected chi connectivity index (χ4v) is 4.10. The van der Waals surface area contributed by atoms with Gasteiger partial charge >= 0.3 is 5.97 Å². The number of nitrogens with zero attached hydrogens (tertiary/aromatic N) is 5. The lowest BCUT2D eigenvalue weighted by molar-refractivity contribution is -0.137. The number of aliphatic imine (C=N–C) groups is 1. The number of halogens is 1. The number of amidine groups is 1. The van der Waals surface area contributed by atoms with Crippen LogP contribution in [0.2, 0.25) is 0 Å². The summed E-state index contributed by atoms with van der Waals surface area (Å²) < 4.78 is 13.9. The predicted molar refractivity (Wildman–Crippen MR) is 170 cm³/mol. The molecule has 8 nitrogen and oxygen atoms in total. The minimum Gasteiger partial charge on any atom is -0.481 e. The number of unbranched alkanes of at least 4 members (excludes halogenated alkanes) is 3. The number of rotatable bonds is 20. The summed E-state index contributed by atoms with van der Waals surface area (Å²) in [5.41, 5.74) is 1.30. The Balaban J connectivity index is 3.14. The molecule has 0 amide bonds. The fraction of sp³-hybridized carbons (Fsp3) is 0.455. The van der Waals surface area contributed by atoms with E-state index in [9.17, 15) is 14.3 Å². The molecule has 0 spiro atoms. The molecule has 0 aromatic rings. The Kier molecular flexibility index (Phi) is 19.6. The molecule has 0 aliphatic carbocycles. The molecule has 0 aromatic heterocycles. The quantitative estimate of drug-likeness (QED) is 0.0657. The number of aliphatic hydroxyl groups is 1. The maximum atomic E-state index is 13.9. The van der Waals surface area contributed by atoms with E-state index in [1.807, 2.05) is 50.4 Å². The second-order valence-corrected chi connectivity index (χ2v) is 9.49. The van der Waals surface area contributed by atoms with Crippen molar-refractivity contribution in [3.05, 3.63) is 96.7 Å². The van der Waals surface area contributed by atoms with Gasteiger partial charge in [-0.15, -0.1) is 0 Å². The molecule has 1 heterocycles. The van der Waals surface area contributed by atoms with Crippen molar-refractivity contribution in [2.45, 2.75) is 77.9 Å². The van der Waals surface area contributed by atoms with Gasteiger partial charge in [-0.25, -0.2) is 9.38 Å². The van der Waals surface area contributed by atoms with Gasteiger partial charge in [0.2, 0.25) is 0 Å². The van der Waals surface area contributed by atoms with Crippen LogP contribution in [0.3, 0.4) is 0 Å². The number of allylic oxidation sites excluding steroid dienone is 10. The first kappa shape index (κ1) is 36.2. The lowest BCUT2D eigenvalue weighted by Gasteiger charge is -2.36. The molecular weight excluding hydrogens is 533 g/mol. The van der Waals surface area contributed by atoms with E-state index in [0.717, 1.165) is 19.3 Å². The van der Waals surface area contributed by atoms with E-state index in [1.165, 1.54) is 12.2 Å². The van der Waals surface area contributed by atoms with E-state index in [4.69, 9.17) is 10.1 Å². The van der Waals surface area contributed by atoms with E-state index in [-0.39, 0.29) is 18.8 Å². The van der Waals surface area contributed by atoms with Crippen LogP contribution in [0.4, 0.5) is 4.39 Å². The lowest BCUT2D eigenvalue weighted by Crippen LogP contribution is -2.45. The van der Waals surface area contributed by atoms with Crippen LogP contribution in [-0.2, 0) is 4.79 Å². The summed E-state index contributed by atoms with van der Waals surface area (Å²) in [6, 6.07) is 0. The first-order valence-corrected chi connectivity index (χ1v) is 14.7. The van der Waals surface area contributed by atoms with Gasteiger partial charge in [0.05, 0.1) is 19.3 Å². The van der Waals surface area contributed by atoms with Gasteiger partial charge in [-0.3, -0.25) is 9.80 Å². The number of carboxylic acid groups (broad SMARTS) is 1. The van der Waals surface area contributed by atoms with Crippen molar-refractivity contribution in [2.24, 2.45) is 15.3 Å². The van der Waals surface area contributed by atoms with Gasteiger partial charge in [-0.05, 0) is 63.2 Å². The first-order chi connectivity index (χ1) is 20.4. The van der Waals surface area contributed by atoms with Gasteiger partial charge in [0.25, 0.3) is 0 Å². The molecule has 0 saturated heterocycles. The second kappa shape index (κ2) is 22.8. The lowest BCUT2D eigenvalue weighted by atomic mass is 10.0. The number of aliphatic hydroxyl groups excluding tert-OH is 1. The van der Waals surface area contributed by atoms with Crippen molar-refractivity contribution in [2.75, 3.05) is 20.1 Å². The van der Waals surface area contributed by atoms with Crippen LogP contribution in [0.25, 0.3) is 0 Å². The maximum absolute atomic E-state index is 13.9. The third-order valence-electron chi connectivity index (χ3n) is 6.08. The van der Waals surface area contributed by atoms with Crippen LogP contribution < -0.4 is 0 Å². The van der Waals surface area contributed by atoms with Crippen LogP contribution in [0.15, 0.2) is 112 Å². The van der Waals surface area contributed by atoms with E-state index < -0.39 is 12.2 Å². The molecule has 42 heavy (non-hydrogen) atoms. The number of hydrogen-bond acceptors (Lipinski definition) is 6. The third-order valence-corrected chi connectivity index (χ3v) is 6.08. The summed E-state index contributed by atoms with van der Waals surface area (Å²) in [6.07, 6.45) is 26.8. The van der Waals surface area contributed by atoms with Gasteiger partial charge in [-0.1, -0.05) is 74.3 Å². The largest absolute Gasteiger partial charge is 0.481 e. The van der Waals surface area contributed by atoms with Crippen molar-refractivity contribution in [3.8, 4) is 0 Å². The zero-order chi connectivity index (χ0) is 31.0. The summed E-state index contributed by atoms with van der Waals surface area (Å²) in [5, 5.41) is 30.2. The van der Waals surface area contributed by atoms with Crippen molar-refractivity contribution < 1.29 is 19.4 Å². The van der Waals surface area contributed by atoms with Crippen LogP contribution in [0, 0.1) is 0 Å². The van der Waals surface area contributed by atoms with Crippen LogP contribution in [-0.4, -0.2) is 58.3 Å². The van der Waals surface area contributed by atoms with E-state index in [1.54, 1.807) is 29.1 Å². The summed E-state index contributed by atoms with van der Waals surface area (Å²) >= 11 is 0. The molecule has 1 aliphatic heterocycles. The monoisotopic (exact) mass is 581 g/mol. The maximum Gasteiger partial charge on any atom is 0.303 e. The van der Waals surface area contributed by atoms with E-state index in [2.05, 4.69) is 29.1 Å². The molecule has 0 radical (unpaired) electrons. The molecule has 1 atom stereocenters. The standard InChI is InChI=1S/C33H48FN5O3/c1-5-8-9-10-11-12-13-14-17-25-38(37-35-4)27-24-30-29(20-7-3)33(42)39(26-18-21-28(34)19-6-2)31(36-30)22-15-16-23-32(40)41/h5,8-11,17-21,24-25,33,42H,1,6-7,12-16,22-23,26-27H2,2-4H3,(H,40,41)/b9-8-,11-10-,21-18-,25-17+,28-19+,29-20+,30-24+,37-35-. The van der Waals surface area contributed by atoms with E-state index in [0.29, 0.717) is 55.8 Å². The fourth-order valence-electron chi connectivity index (χ4n) is 4.10. The summed E-state index contributed by atoms with van der Waals surface area (Å²) in [7, 11) is 1.61. The molecule has 1 rings (SSSR count). The number of carbonyl (C=O) groups is 1. The van der Waals surface area contributed by atoms with Crippen molar-refractivity contribution in [1.82, 2.24) is 9.91 Å². The van der Waals surface area contributed by atoms with Gasteiger partial charge in [0.15, 0.2) is 6.23 Å². The third kappa shape index (κ3) is 15.2. The van der Waals surface area contributed by atoms with Crippen molar-refractivity contribution in [1.29, 1.82) is 0 Å². The SMILES string of the molecule is C=C/C=C\C=C/CCC/C=C/N(C/C=C1/N=C(CCCCC(=O)O)N(C/C=C\C(F)=C/CC)C(O)/C1=C/CC)/N=N\C. The zero-order valence-corrected chi connectivity index (χ0v) is 25.4. The van der Waals surface area contributed by atoms with Crippen LogP contribution in [0.1, 0.15) is 71.6 Å². The zero-order valence-electron chi connectivity index (χ0n) is 25.4. The molecule has 0 aromatic carbocycles. The highest BCUT2D eigenvalue weighted by Gasteiger charge is 2.29. The number of carboxylic acids is 1. The van der Waals surface area contributed by atoms with Crippen LogP contribution in [0.5, 0.6) is 0 Å². The normalized spacial score (nSPS) is 18.6. The highest BCUT2D eigenvalue weighted by atomic mass is 19.1. The Morgan fingerprint density at radius 2 is 1.88 bits per heavy atom. The van der Waals surface area contributed by atoms with Gasteiger partial charge < -0.3 is 15.1 Å². The number of aliphatic carboxylic acids is 1. The average molecular weight is 582 g/mol. The molecule has 9 heteroatoms.